The van der Waals surface area contributed by atoms with Gasteiger partial charge in [0.05, 0.1) is 11.7 Å². The van der Waals surface area contributed by atoms with Gasteiger partial charge in [0.2, 0.25) is 0 Å². The molecule has 0 amide bonds. The molecule has 1 aromatic carbocycles. The van der Waals surface area contributed by atoms with Gasteiger partial charge in [-0.25, -0.2) is 0 Å². The maximum Gasteiger partial charge on any atom is 0.0894 e. The molecule has 17 heavy (non-hydrogen) atoms. The molecular formula is C13H16BrN3. The van der Waals surface area contributed by atoms with Gasteiger partial charge < -0.3 is 5.73 Å². The first kappa shape index (κ1) is 12.3. The minimum Gasteiger partial charge on any atom is -0.328 e. The molecule has 0 aliphatic carbocycles. The SMILES string of the molecule is Cc1cc(C)n(C(CN)c2cccc(Br)c2)n1. The molecule has 0 aliphatic rings. The lowest BCUT2D eigenvalue weighted by atomic mass is 10.1. The van der Waals surface area contributed by atoms with E-state index in [2.05, 4.69) is 46.2 Å². The second-order valence-electron chi connectivity index (χ2n) is 4.18. The van der Waals surface area contributed by atoms with Crippen molar-refractivity contribution in [2.24, 2.45) is 5.73 Å². The Labute approximate surface area is 110 Å². The zero-order valence-corrected chi connectivity index (χ0v) is 11.6. The van der Waals surface area contributed by atoms with E-state index < -0.39 is 0 Å². The third-order valence-electron chi connectivity index (χ3n) is 2.80. The van der Waals surface area contributed by atoms with E-state index in [-0.39, 0.29) is 6.04 Å². The van der Waals surface area contributed by atoms with Crippen molar-refractivity contribution in [2.75, 3.05) is 6.54 Å². The van der Waals surface area contributed by atoms with Crippen molar-refractivity contribution in [1.82, 2.24) is 9.78 Å². The second kappa shape index (κ2) is 5.02. The topological polar surface area (TPSA) is 43.8 Å². The summed E-state index contributed by atoms with van der Waals surface area (Å²) in [5, 5.41) is 4.51. The van der Waals surface area contributed by atoms with Crippen molar-refractivity contribution < 1.29 is 0 Å². The van der Waals surface area contributed by atoms with Gasteiger partial charge in [-0.05, 0) is 37.6 Å². The molecule has 4 heteroatoms. The van der Waals surface area contributed by atoms with Gasteiger partial charge in [0.25, 0.3) is 0 Å². The first-order valence-corrected chi connectivity index (χ1v) is 6.39. The zero-order chi connectivity index (χ0) is 12.4. The van der Waals surface area contributed by atoms with Crippen molar-refractivity contribution in [3.05, 3.63) is 51.8 Å². The molecule has 1 heterocycles. The molecule has 0 radical (unpaired) electrons. The maximum atomic E-state index is 5.89. The average molecular weight is 294 g/mol. The summed E-state index contributed by atoms with van der Waals surface area (Å²) in [5.74, 6) is 0. The first-order chi connectivity index (χ1) is 8.11. The van der Waals surface area contributed by atoms with Gasteiger partial charge in [-0.1, -0.05) is 28.1 Å². The first-order valence-electron chi connectivity index (χ1n) is 5.60. The van der Waals surface area contributed by atoms with E-state index in [0.717, 1.165) is 15.9 Å². The number of aromatic nitrogens is 2. The molecule has 1 atom stereocenters. The van der Waals surface area contributed by atoms with E-state index in [1.54, 1.807) is 0 Å². The molecule has 0 spiro atoms. The molecule has 1 aromatic heterocycles. The summed E-state index contributed by atoms with van der Waals surface area (Å²) in [6, 6.07) is 10.4. The Balaban J connectivity index is 2.43. The lowest BCUT2D eigenvalue weighted by Gasteiger charge is -2.18. The van der Waals surface area contributed by atoms with Crippen molar-refractivity contribution in [2.45, 2.75) is 19.9 Å². The van der Waals surface area contributed by atoms with Crippen molar-refractivity contribution in [3.63, 3.8) is 0 Å². The summed E-state index contributed by atoms with van der Waals surface area (Å²) in [7, 11) is 0. The third-order valence-corrected chi connectivity index (χ3v) is 3.29. The number of hydrogen-bond acceptors (Lipinski definition) is 2. The van der Waals surface area contributed by atoms with Crippen LogP contribution in [0.5, 0.6) is 0 Å². The highest BCUT2D eigenvalue weighted by molar-refractivity contribution is 9.10. The van der Waals surface area contributed by atoms with Crippen LogP contribution in [0, 0.1) is 13.8 Å². The monoisotopic (exact) mass is 293 g/mol. The normalized spacial score (nSPS) is 12.7. The fraction of sp³-hybridized carbons (Fsp3) is 0.308. The number of rotatable bonds is 3. The Morgan fingerprint density at radius 1 is 1.35 bits per heavy atom. The minimum absolute atomic E-state index is 0.0983. The predicted molar refractivity (Wildman–Crippen MR) is 73.0 cm³/mol. The Morgan fingerprint density at radius 3 is 2.65 bits per heavy atom. The van der Waals surface area contributed by atoms with Crippen molar-refractivity contribution >= 4 is 15.9 Å². The number of nitrogens with two attached hydrogens (primary N) is 1. The predicted octanol–water partition coefficient (Wildman–Crippen LogP) is 2.81. The third kappa shape index (κ3) is 2.58. The van der Waals surface area contributed by atoms with Crippen LogP contribution in [0.1, 0.15) is 23.0 Å². The summed E-state index contributed by atoms with van der Waals surface area (Å²) < 4.78 is 3.06. The van der Waals surface area contributed by atoms with Crippen LogP contribution >= 0.6 is 15.9 Å². The molecule has 0 aliphatic heterocycles. The van der Waals surface area contributed by atoms with E-state index >= 15 is 0 Å². The second-order valence-corrected chi connectivity index (χ2v) is 5.09. The molecule has 1 unspecified atom stereocenters. The molecule has 0 fully saturated rings. The fourth-order valence-corrected chi connectivity index (χ4v) is 2.47. The molecular weight excluding hydrogens is 278 g/mol. The van der Waals surface area contributed by atoms with E-state index in [1.807, 2.05) is 23.7 Å². The molecule has 2 aromatic rings. The van der Waals surface area contributed by atoms with Crippen molar-refractivity contribution in [3.8, 4) is 0 Å². The number of nitrogens with zero attached hydrogens (tertiary/aromatic N) is 2. The van der Waals surface area contributed by atoms with Crippen LogP contribution in [0.2, 0.25) is 0 Å². The summed E-state index contributed by atoms with van der Waals surface area (Å²) in [6.07, 6.45) is 0. The van der Waals surface area contributed by atoms with Gasteiger partial charge in [0.1, 0.15) is 0 Å². The van der Waals surface area contributed by atoms with E-state index in [0.29, 0.717) is 6.54 Å². The van der Waals surface area contributed by atoms with Crippen LogP contribution in [0.15, 0.2) is 34.8 Å². The quantitative estimate of drug-likeness (QED) is 0.946. The van der Waals surface area contributed by atoms with Crippen LogP contribution < -0.4 is 5.73 Å². The Hall–Kier alpha value is -1.13. The Kier molecular flexibility index (Phi) is 3.64. The summed E-state index contributed by atoms with van der Waals surface area (Å²) >= 11 is 3.49. The van der Waals surface area contributed by atoms with E-state index in [9.17, 15) is 0 Å². The van der Waals surface area contributed by atoms with Crippen LogP contribution in [-0.2, 0) is 0 Å². The Morgan fingerprint density at radius 2 is 2.12 bits per heavy atom. The molecule has 0 bridgehead atoms. The number of aryl methyl sites for hydroxylation is 2. The lowest BCUT2D eigenvalue weighted by Crippen LogP contribution is -2.22. The standard InChI is InChI=1S/C13H16BrN3/c1-9-6-10(2)17(16-9)13(8-15)11-4-3-5-12(14)7-11/h3-7,13H,8,15H2,1-2H3. The average Bonchev–Trinajstić information content (AvgIpc) is 2.59. The summed E-state index contributed by atoms with van der Waals surface area (Å²) in [6.45, 7) is 4.59. The van der Waals surface area contributed by atoms with Crippen LogP contribution in [-0.4, -0.2) is 16.3 Å². The number of halogens is 1. The molecule has 0 saturated carbocycles. The summed E-state index contributed by atoms with van der Waals surface area (Å²) in [5.41, 5.74) is 9.22. The molecule has 0 saturated heterocycles. The van der Waals surface area contributed by atoms with Gasteiger partial charge in [-0.15, -0.1) is 0 Å². The highest BCUT2D eigenvalue weighted by atomic mass is 79.9. The molecule has 90 valence electrons. The van der Waals surface area contributed by atoms with Crippen LogP contribution in [0.25, 0.3) is 0 Å². The molecule has 3 nitrogen and oxygen atoms in total. The van der Waals surface area contributed by atoms with Gasteiger partial charge in [0, 0.05) is 16.7 Å². The van der Waals surface area contributed by atoms with Crippen molar-refractivity contribution in [1.29, 1.82) is 0 Å². The highest BCUT2D eigenvalue weighted by Crippen LogP contribution is 2.22. The van der Waals surface area contributed by atoms with Gasteiger partial charge in [-0.3, -0.25) is 4.68 Å². The smallest absolute Gasteiger partial charge is 0.0894 e. The summed E-state index contributed by atoms with van der Waals surface area (Å²) in [4.78, 5) is 0. The van der Waals surface area contributed by atoms with Gasteiger partial charge in [-0.2, -0.15) is 5.10 Å². The van der Waals surface area contributed by atoms with Crippen LogP contribution in [0.3, 0.4) is 0 Å². The molecule has 2 rings (SSSR count). The highest BCUT2D eigenvalue weighted by Gasteiger charge is 2.15. The zero-order valence-electron chi connectivity index (χ0n) is 10.0. The fourth-order valence-electron chi connectivity index (χ4n) is 2.05. The van der Waals surface area contributed by atoms with Gasteiger partial charge in [0.15, 0.2) is 0 Å². The Bertz CT molecular complexity index is 519. The number of hydrogen-bond donors (Lipinski definition) is 1. The minimum atomic E-state index is 0.0983. The molecule has 2 N–H and O–H groups in total. The number of benzene rings is 1. The van der Waals surface area contributed by atoms with E-state index in [4.69, 9.17) is 5.73 Å². The van der Waals surface area contributed by atoms with E-state index in [1.165, 1.54) is 5.56 Å². The van der Waals surface area contributed by atoms with Gasteiger partial charge >= 0.3 is 0 Å². The van der Waals surface area contributed by atoms with Crippen LogP contribution in [0.4, 0.5) is 0 Å². The lowest BCUT2D eigenvalue weighted by molar-refractivity contribution is 0.516. The maximum absolute atomic E-state index is 5.89. The largest absolute Gasteiger partial charge is 0.328 e.